The molecule has 1 N–H and O–H groups in total. The molecule has 0 amide bonds. The molecule has 0 aromatic heterocycles. The predicted octanol–water partition coefficient (Wildman–Crippen LogP) is 2.39. The molecule has 0 radical (unpaired) electrons. The van der Waals surface area contributed by atoms with Gasteiger partial charge >= 0.3 is 0 Å². The fraction of sp³-hybridized carbons (Fsp3) is 0.333. The Bertz CT molecular complexity index is 489. The number of benzene rings is 1. The summed E-state index contributed by atoms with van der Waals surface area (Å²) in [6.45, 7) is 0. The molecule has 0 saturated heterocycles. The fourth-order valence-corrected chi connectivity index (χ4v) is 2.20. The molecule has 2 atom stereocenters. The summed E-state index contributed by atoms with van der Waals surface area (Å²) in [4.78, 5) is 0. The van der Waals surface area contributed by atoms with Crippen LogP contribution in [-0.2, 0) is 9.84 Å². The van der Waals surface area contributed by atoms with Gasteiger partial charge in [0.05, 0.1) is 0 Å². The van der Waals surface area contributed by atoms with Crippen LogP contribution in [0.25, 0.3) is 0 Å². The predicted molar refractivity (Wildman–Crippen MR) is 71.9 cm³/mol. The van der Waals surface area contributed by atoms with Crippen LogP contribution in [0.3, 0.4) is 0 Å². The van der Waals surface area contributed by atoms with E-state index >= 15 is 0 Å². The van der Waals surface area contributed by atoms with Crippen molar-refractivity contribution in [1.82, 2.24) is 0 Å². The van der Waals surface area contributed by atoms with Gasteiger partial charge in [0.25, 0.3) is 0 Å². The van der Waals surface area contributed by atoms with E-state index in [1.165, 1.54) is 24.3 Å². The summed E-state index contributed by atoms with van der Waals surface area (Å²) in [7, 11) is -3.58. The highest BCUT2D eigenvalue weighted by molar-refractivity contribution is 14.1. The molecule has 0 saturated carbocycles. The summed E-state index contributed by atoms with van der Waals surface area (Å²) in [6, 6.07) is 5.51. The monoisotopic (exact) mass is 422 g/mol. The van der Waals surface area contributed by atoms with E-state index in [0.29, 0.717) is 0 Å². The lowest BCUT2D eigenvalue weighted by atomic mass is 10.1. The van der Waals surface area contributed by atoms with Gasteiger partial charge in [-0.15, -0.1) is 0 Å². The number of alkyl halides is 2. The van der Waals surface area contributed by atoms with E-state index in [0.717, 1.165) is 6.26 Å². The summed E-state index contributed by atoms with van der Waals surface area (Å²) < 4.78 is 34.6. The molecule has 1 aromatic rings. The number of sulfone groups is 1. The lowest BCUT2D eigenvalue weighted by Gasteiger charge is -2.25. The molecule has 0 bridgehead atoms. The number of halogens is 3. The first-order valence-electron chi connectivity index (χ1n) is 4.18. The third-order valence-corrected chi connectivity index (χ3v) is 8.41. The van der Waals surface area contributed by atoms with Gasteiger partial charge in [-0.2, -0.15) is 0 Å². The Morgan fingerprint density at radius 1 is 1.50 bits per heavy atom. The molecular weight excluding hydrogens is 414 g/mol. The molecule has 0 unspecified atom stereocenters. The molecule has 0 aliphatic rings. The minimum absolute atomic E-state index is 0.0563. The Morgan fingerprint density at radius 3 is 2.44 bits per heavy atom. The molecule has 0 aliphatic heterocycles. The summed E-state index contributed by atoms with van der Waals surface area (Å²) >= 11 is 4.46. The Hall–Kier alpha value is 0.270. The van der Waals surface area contributed by atoms with Crippen LogP contribution in [0.5, 0.6) is 0 Å². The van der Waals surface area contributed by atoms with E-state index in [4.69, 9.17) is 0 Å². The fourth-order valence-electron chi connectivity index (χ4n) is 1.08. The van der Waals surface area contributed by atoms with Crippen LogP contribution in [0.1, 0.15) is 11.7 Å². The normalized spacial score (nSPS) is 17.8. The first-order chi connectivity index (χ1) is 7.18. The van der Waals surface area contributed by atoms with Crippen LogP contribution in [0.4, 0.5) is 4.39 Å². The Labute approximate surface area is 115 Å². The van der Waals surface area contributed by atoms with Crippen molar-refractivity contribution in [3.8, 4) is 0 Å². The highest BCUT2D eigenvalue weighted by Crippen LogP contribution is 2.44. The average molecular weight is 423 g/mol. The Kier molecular flexibility index (Phi) is 4.36. The van der Waals surface area contributed by atoms with Gasteiger partial charge in [-0.05, 0) is 28.7 Å². The van der Waals surface area contributed by atoms with Crippen molar-refractivity contribution < 1.29 is 17.9 Å². The van der Waals surface area contributed by atoms with Gasteiger partial charge in [-0.1, -0.05) is 34.1 Å². The first-order valence-corrected chi connectivity index (χ1v) is 7.94. The van der Waals surface area contributed by atoms with Crippen LogP contribution in [0.15, 0.2) is 24.3 Å². The van der Waals surface area contributed by atoms with Crippen LogP contribution in [0, 0.1) is 5.82 Å². The second kappa shape index (κ2) is 4.87. The molecule has 16 heavy (non-hydrogen) atoms. The van der Waals surface area contributed by atoms with Crippen molar-refractivity contribution in [1.29, 1.82) is 0 Å². The number of hydrogen-bond donors (Lipinski definition) is 1. The van der Waals surface area contributed by atoms with Crippen molar-refractivity contribution in [3.05, 3.63) is 35.6 Å². The minimum atomic E-state index is -3.58. The molecule has 0 fully saturated rings. The quantitative estimate of drug-likeness (QED) is 0.601. The first kappa shape index (κ1) is 14.3. The standard InChI is InChI=1S/C9H9BrFIO3S/c1-16(14,15)9(10,12)8(13)6-4-2-3-5-7(6)11/h2-5,8,13H,1H3/t8-,9-/m0/s1. The van der Waals surface area contributed by atoms with Crippen LogP contribution in [0.2, 0.25) is 0 Å². The third kappa shape index (κ3) is 2.74. The van der Waals surface area contributed by atoms with E-state index in [1.807, 2.05) is 0 Å². The topological polar surface area (TPSA) is 54.4 Å². The summed E-state index contributed by atoms with van der Waals surface area (Å²) in [5.41, 5.74) is -0.0563. The third-order valence-electron chi connectivity index (χ3n) is 2.01. The maximum absolute atomic E-state index is 13.4. The van der Waals surface area contributed by atoms with Gasteiger partial charge in [0, 0.05) is 11.8 Å². The number of hydrogen-bond acceptors (Lipinski definition) is 3. The largest absolute Gasteiger partial charge is 0.385 e. The molecule has 90 valence electrons. The second-order valence-electron chi connectivity index (χ2n) is 3.26. The van der Waals surface area contributed by atoms with E-state index in [2.05, 4.69) is 15.9 Å². The van der Waals surface area contributed by atoms with Crippen LogP contribution < -0.4 is 0 Å². The van der Waals surface area contributed by atoms with E-state index in [9.17, 15) is 17.9 Å². The SMILES string of the molecule is CS(=O)(=O)[C@@](Br)(I)[C@@H](O)c1ccccc1F. The van der Waals surface area contributed by atoms with Gasteiger partial charge in [0.2, 0.25) is 1.66 Å². The highest BCUT2D eigenvalue weighted by atomic mass is 127. The van der Waals surface area contributed by atoms with Gasteiger partial charge in [-0.25, -0.2) is 12.8 Å². The summed E-state index contributed by atoms with van der Waals surface area (Å²) in [6.07, 6.45) is -0.512. The molecule has 0 spiro atoms. The van der Waals surface area contributed by atoms with Crippen molar-refractivity contribution in [2.45, 2.75) is 7.77 Å². The number of rotatable bonds is 3. The van der Waals surface area contributed by atoms with Crippen molar-refractivity contribution in [3.63, 3.8) is 0 Å². The number of aliphatic hydroxyl groups is 1. The zero-order valence-electron chi connectivity index (χ0n) is 8.19. The molecule has 3 nitrogen and oxygen atoms in total. The molecule has 0 aliphatic carbocycles. The van der Waals surface area contributed by atoms with Crippen molar-refractivity contribution in [2.24, 2.45) is 0 Å². The lowest BCUT2D eigenvalue weighted by molar-refractivity contribution is 0.186. The molecule has 1 rings (SSSR count). The molecular formula is C9H9BrFIO3S. The van der Waals surface area contributed by atoms with E-state index in [-0.39, 0.29) is 5.56 Å². The molecule has 0 heterocycles. The Morgan fingerprint density at radius 2 is 2.00 bits per heavy atom. The maximum Gasteiger partial charge on any atom is 0.206 e. The maximum atomic E-state index is 13.4. The lowest BCUT2D eigenvalue weighted by Crippen LogP contribution is -2.31. The average Bonchev–Trinajstić information content (AvgIpc) is 2.15. The zero-order chi connectivity index (χ0) is 12.6. The van der Waals surface area contributed by atoms with Gasteiger partial charge in [0.1, 0.15) is 11.9 Å². The molecule has 7 heteroatoms. The van der Waals surface area contributed by atoms with Gasteiger partial charge < -0.3 is 5.11 Å². The van der Waals surface area contributed by atoms with Gasteiger partial charge in [-0.3, -0.25) is 0 Å². The van der Waals surface area contributed by atoms with Crippen LogP contribution >= 0.6 is 38.5 Å². The van der Waals surface area contributed by atoms with Gasteiger partial charge in [0.15, 0.2) is 9.84 Å². The Balaban J connectivity index is 3.23. The van der Waals surface area contributed by atoms with E-state index in [1.54, 1.807) is 22.6 Å². The smallest absolute Gasteiger partial charge is 0.206 e. The second-order valence-corrected chi connectivity index (χ2v) is 11.1. The van der Waals surface area contributed by atoms with Crippen LogP contribution in [-0.4, -0.2) is 21.4 Å². The summed E-state index contributed by atoms with van der Waals surface area (Å²) in [5.74, 6) is -0.640. The van der Waals surface area contributed by atoms with E-state index < -0.39 is 23.4 Å². The summed E-state index contributed by atoms with van der Waals surface area (Å²) in [5, 5.41) is 9.89. The number of aliphatic hydroxyl groups excluding tert-OH is 1. The van der Waals surface area contributed by atoms with Crippen molar-refractivity contribution in [2.75, 3.05) is 6.26 Å². The minimum Gasteiger partial charge on any atom is -0.385 e. The van der Waals surface area contributed by atoms with Crippen molar-refractivity contribution >= 4 is 48.4 Å². The molecule has 1 aromatic carbocycles. The zero-order valence-corrected chi connectivity index (χ0v) is 12.8. The highest BCUT2D eigenvalue weighted by Gasteiger charge is 2.44.